The second-order valence-electron chi connectivity index (χ2n) is 13.6. The van der Waals surface area contributed by atoms with Crippen molar-refractivity contribution in [2.24, 2.45) is 0 Å². The van der Waals surface area contributed by atoms with Gasteiger partial charge in [0.15, 0.2) is 0 Å². The van der Waals surface area contributed by atoms with E-state index in [1.807, 2.05) is 12.2 Å². The van der Waals surface area contributed by atoms with Gasteiger partial charge in [-0.2, -0.15) is 0 Å². The van der Waals surface area contributed by atoms with Crippen LogP contribution in [0.4, 0.5) is 17.1 Å². The van der Waals surface area contributed by atoms with Crippen LogP contribution >= 0.6 is 0 Å². The molecule has 0 bridgehead atoms. The Morgan fingerprint density at radius 3 is 2.13 bits per heavy atom. The Bertz CT molecular complexity index is 2620. The SMILES string of the molecule is C=C/C=C(\C=C)C1(C2=CCCC=C2)c2ccccc2-c2ccc(N(c3ccccc3-c3ccccc3)c3cccc4ccc5ccccc5c34)cc21. The van der Waals surface area contributed by atoms with E-state index in [2.05, 4.69) is 194 Å². The molecule has 0 amide bonds. The minimum absolute atomic E-state index is 0.551. The third-order valence-corrected chi connectivity index (χ3v) is 10.9. The van der Waals surface area contributed by atoms with E-state index in [4.69, 9.17) is 0 Å². The van der Waals surface area contributed by atoms with E-state index in [-0.39, 0.29) is 0 Å². The predicted octanol–water partition coefficient (Wildman–Crippen LogP) is 14.0. The molecule has 7 aromatic carbocycles. The van der Waals surface area contributed by atoms with Crippen LogP contribution in [0.2, 0.25) is 0 Å². The summed E-state index contributed by atoms with van der Waals surface area (Å²) in [6, 6.07) is 55.5. The van der Waals surface area contributed by atoms with Crippen LogP contribution in [0, 0.1) is 0 Å². The molecule has 1 heteroatoms. The zero-order valence-corrected chi connectivity index (χ0v) is 29.2. The molecular weight excluding hydrogens is 627 g/mol. The van der Waals surface area contributed by atoms with Gasteiger partial charge >= 0.3 is 0 Å². The zero-order valence-electron chi connectivity index (χ0n) is 29.2. The minimum atomic E-state index is -0.551. The molecule has 52 heavy (non-hydrogen) atoms. The number of hydrogen-bond donors (Lipinski definition) is 0. The number of nitrogens with zero attached hydrogens (tertiary/aromatic N) is 1. The molecular formula is C51H39N. The van der Waals surface area contributed by atoms with Crippen LogP contribution in [-0.2, 0) is 5.41 Å². The van der Waals surface area contributed by atoms with Gasteiger partial charge in [-0.25, -0.2) is 0 Å². The van der Waals surface area contributed by atoms with E-state index < -0.39 is 5.41 Å². The molecule has 1 unspecified atom stereocenters. The van der Waals surface area contributed by atoms with Crippen LogP contribution in [0.3, 0.4) is 0 Å². The Morgan fingerprint density at radius 1 is 0.596 bits per heavy atom. The normalized spacial score (nSPS) is 16.3. The summed E-state index contributed by atoms with van der Waals surface area (Å²) in [6.45, 7) is 8.55. The average molecular weight is 666 g/mol. The third-order valence-electron chi connectivity index (χ3n) is 10.9. The van der Waals surface area contributed by atoms with Crippen molar-refractivity contribution in [1.29, 1.82) is 0 Å². The highest BCUT2D eigenvalue weighted by molar-refractivity contribution is 6.15. The summed E-state index contributed by atoms with van der Waals surface area (Å²) in [5.74, 6) is 0. The molecule has 0 saturated carbocycles. The van der Waals surface area contributed by atoms with Crippen molar-refractivity contribution in [3.05, 3.63) is 224 Å². The summed E-state index contributed by atoms with van der Waals surface area (Å²) >= 11 is 0. The van der Waals surface area contributed by atoms with E-state index in [9.17, 15) is 0 Å². The standard InChI is InChI=1S/C51H39N/c1-3-18-39(4-2)51(40-23-9-6-10-24-40)46-28-15-13-27-44(46)45-34-33-41(35-47(45)51)52(48-29-16-14-25-42(48)36-19-7-5-8-20-36)49-30-17-22-38-32-31-37-21-11-12-26-43(37)50(38)49/h3-5,7-9,11-35H,1-2,6,10H2/b39-18+. The highest BCUT2D eigenvalue weighted by atomic mass is 15.1. The second-order valence-corrected chi connectivity index (χ2v) is 13.6. The van der Waals surface area contributed by atoms with Crippen molar-refractivity contribution >= 4 is 38.6 Å². The first-order valence-corrected chi connectivity index (χ1v) is 18.2. The number of anilines is 3. The zero-order chi connectivity index (χ0) is 35.1. The smallest absolute Gasteiger partial charge is 0.0710 e. The van der Waals surface area contributed by atoms with Crippen molar-refractivity contribution in [1.82, 2.24) is 0 Å². The van der Waals surface area contributed by atoms with Gasteiger partial charge in [-0.3, -0.25) is 0 Å². The van der Waals surface area contributed by atoms with Gasteiger partial charge in [-0.1, -0.05) is 177 Å². The van der Waals surface area contributed by atoms with E-state index >= 15 is 0 Å². The van der Waals surface area contributed by atoms with Gasteiger partial charge in [0.2, 0.25) is 0 Å². The second kappa shape index (κ2) is 13.0. The van der Waals surface area contributed by atoms with Gasteiger partial charge in [-0.05, 0) is 92.2 Å². The molecule has 0 aliphatic heterocycles. The van der Waals surface area contributed by atoms with Gasteiger partial charge in [0, 0.05) is 16.6 Å². The summed E-state index contributed by atoms with van der Waals surface area (Å²) in [5.41, 5.74) is 12.6. The Kier molecular flexibility index (Phi) is 7.90. The van der Waals surface area contributed by atoms with Crippen molar-refractivity contribution in [2.75, 3.05) is 4.90 Å². The van der Waals surface area contributed by atoms with Gasteiger partial charge in [-0.15, -0.1) is 0 Å². The first-order valence-electron chi connectivity index (χ1n) is 18.2. The quantitative estimate of drug-likeness (QED) is 0.115. The van der Waals surface area contributed by atoms with E-state index in [0.717, 1.165) is 35.5 Å². The monoisotopic (exact) mass is 665 g/mol. The third kappa shape index (κ3) is 4.85. The molecule has 2 aliphatic rings. The van der Waals surface area contributed by atoms with Crippen molar-refractivity contribution in [2.45, 2.75) is 18.3 Å². The number of hydrogen-bond acceptors (Lipinski definition) is 1. The Morgan fingerprint density at radius 2 is 1.31 bits per heavy atom. The summed E-state index contributed by atoms with van der Waals surface area (Å²) < 4.78 is 0. The van der Waals surface area contributed by atoms with Crippen molar-refractivity contribution in [3.8, 4) is 22.3 Å². The van der Waals surface area contributed by atoms with Crippen LogP contribution in [0.1, 0.15) is 24.0 Å². The molecule has 0 N–H and O–H groups in total. The topological polar surface area (TPSA) is 3.24 Å². The summed E-state index contributed by atoms with van der Waals surface area (Å²) in [6.07, 6.45) is 15.2. The largest absolute Gasteiger partial charge is 0.309 e. The van der Waals surface area contributed by atoms with Crippen LogP contribution in [-0.4, -0.2) is 0 Å². The molecule has 1 atom stereocenters. The molecule has 2 aliphatic carbocycles. The molecule has 9 rings (SSSR count). The highest BCUT2D eigenvalue weighted by Gasteiger charge is 2.47. The molecule has 0 fully saturated rings. The lowest BCUT2D eigenvalue weighted by Gasteiger charge is -2.37. The van der Waals surface area contributed by atoms with Gasteiger partial charge in [0.1, 0.15) is 0 Å². The Hall–Kier alpha value is -6.44. The maximum absolute atomic E-state index is 4.39. The molecule has 0 radical (unpaired) electrons. The van der Waals surface area contributed by atoms with Crippen LogP contribution < -0.4 is 4.90 Å². The fourth-order valence-electron chi connectivity index (χ4n) is 8.72. The lowest BCUT2D eigenvalue weighted by Crippen LogP contribution is -2.30. The molecule has 0 heterocycles. The number of fused-ring (bicyclic) bond motifs is 6. The van der Waals surface area contributed by atoms with E-state index in [0.29, 0.717) is 0 Å². The lowest BCUT2D eigenvalue weighted by atomic mass is 9.65. The molecule has 0 spiro atoms. The highest BCUT2D eigenvalue weighted by Crippen LogP contribution is 2.59. The average Bonchev–Trinajstić information content (AvgIpc) is 3.51. The number of benzene rings is 7. The molecule has 0 aromatic heterocycles. The summed E-state index contributed by atoms with van der Waals surface area (Å²) in [4.78, 5) is 2.49. The van der Waals surface area contributed by atoms with Crippen LogP contribution in [0.25, 0.3) is 43.8 Å². The molecule has 7 aromatic rings. The first kappa shape index (κ1) is 31.5. The van der Waals surface area contributed by atoms with Crippen molar-refractivity contribution in [3.63, 3.8) is 0 Å². The fraction of sp³-hybridized carbons (Fsp3) is 0.0588. The molecule has 248 valence electrons. The molecule has 1 nitrogen and oxygen atoms in total. The molecule has 0 saturated heterocycles. The van der Waals surface area contributed by atoms with Gasteiger partial charge < -0.3 is 4.90 Å². The number of para-hydroxylation sites is 1. The van der Waals surface area contributed by atoms with Gasteiger partial charge in [0.05, 0.1) is 16.8 Å². The van der Waals surface area contributed by atoms with Crippen LogP contribution in [0.5, 0.6) is 0 Å². The maximum Gasteiger partial charge on any atom is 0.0710 e. The minimum Gasteiger partial charge on any atom is -0.309 e. The van der Waals surface area contributed by atoms with E-state index in [1.54, 1.807) is 0 Å². The van der Waals surface area contributed by atoms with E-state index in [1.165, 1.54) is 60.5 Å². The summed E-state index contributed by atoms with van der Waals surface area (Å²) in [7, 11) is 0. The Labute approximate surface area is 306 Å². The lowest BCUT2D eigenvalue weighted by molar-refractivity contribution is 0.750. The first-order chi connectivity index (χ1) is 25.7. The number of allylic oxidation sites excluding steroid dienone is 8. The fourth-order valence-corrected chi connectivity index (χ4v) is 8.72. The van der Waals surface area contributed by atoms with Crippen LogP contribution in [0.15, 0.2) is 212 Å². The Balaban J connectivity index is 1.40. The summed E-state index contributed by atoms with van der Waals surface area (Å²) in [5, 5.41) is 4.90. The van der Waals surface area contributed by atoms with Gasteiger partial charge in [0.25, 0.3) is 0 Å². The maximum atomic E-state index is 4.39. The van der Waals surface area contributed by atoms with Crippen molar-refractivity contribution < 1.29 is 0 Å². The number of rotatable bonds is 8. The predicted molar refractivity (Wildman–Crippen MR) is 223 cm³/mol.